The third-order valence-corrected chi connectivity index (χ3v) is 3.53. The Balaban J connectivity index is 2.41. The predicted molar refractivity (Wildman–Crippen MR) is 63.8 cm³/mol. The molecule has 1 aromatic rings. The van der Waals surface area contributed by atoms with Gasteiger partial charge in [0.15, 0.2) is 5.78 Å². The summed E-state index contributed by atoms with van der Waals surface area (Å²) in [6, 6.07) is 6.93. The van der Waals surface area contributed by atoms with Crippen molar-refractivity contribution in [2.45, 2.75) is 25.9 Å². The fourth-order valence-corrected chi connectivity index (χ4v) is 2.40. The van der Waals surface area contributed by atoms with Crippen molar-refractivity contribution in [2.24, 2.45) is 5.92 Å². The van der Waals surface area contributed by atoms with Crippen LogP contribution in [0.5, 0.6) is 0 Å². The molecule has 1 fully saturated rings. The normalized spacial score (nSPS) is 23.4. The molecule has 1 aromatic carbocycles. The van der Waals surface area contributed by atoms with Gasteiger partial charge < -0.3 is 4.74 Å². The number of benzene rings is 1. The van der Waals surface area contributed by atoms with Crippen LogP contribution in [0.3, 0.4) is 0 Å². The molecule has 0 aliphatic carbocycles. The van der Waals surface area contributed by atoms with Crippen LogP contribution in [0.2, 0.25) is 0 Å². The number of hydrogen-bond acceptors (Lipinski definition) is 2. The van der Waals surface area contributed by atoms with Crippen molar-refractivity contribution in [2.75, 3.05) is 13.2 Å². The Morgan fingerprint density at radius 2 is 2.18 bits per heavy atom. The number of hydrogen-bond donors (Lipinski definition) is 0. The van der Waals surface area contributed by atoms with Crippen LogP contribution in [0.4, 0.5) is 4.39 Å². The van der Waals surface area contributed by atoms with E-state index in [9.17, 15) is 9.18 Å². The minimum absolute atomic E-state index is 0.0941. The Morgan fingerprint density at radius 1 is 1.47 bits per heavy atom. The number of ketones is 1. The van der Waals surface area contributed by atoms with Gasteiger partial charge in [0.25, 0.3) is 0 Å². The summed E-state index contributed by atoms with van der Waals surface area (Å²) in [5.74, 6) is -0.258. The van der Waals surface area contributed by atoms with Gasteiger partial charge in [-0.3, -0.25) is 4.79 Å². The highest BCUT2D eigenvalue weighted by Gasteiger charge is 2.40. The largest absolute Gasteiger partial charge is 0.381 e. The van der Waals surface area contributed by atoms with Gasteiger partial charge in [0.2, 0.25) is 0 Å². The van der Waals surface area contributed by atoms with E-state index in [0.717, 1.165) is 0 Å². The fraction of sp³-hybridized carbons (Fsp3) is 0.500. The maximum atomic E-state index is 14.9. The molecule has 92 valence electrons. The van der Waals surface area contributed by atoms with Gasteiger partial charge in [-0.05, 0) is 25.8 Å². The highest BCUT2D eigenvalue weighted by Crippen LogP contribution is 2.39. The summed E-state index contributed by atoms with van der Waals surface area (Å²) < 4.78 is 20.2. The summed E-state index contributed by atoms with van der Waals surface area (Å²) in [7, 11) is 0. The topological polar surface area (TPSA) is 26.3 Å². The van der Waals surface area contributed by atoms with Crippen molar-refractivity contribution in [3.63, 3.8) is 0 Å². The van der Waals surface area contributed by atoms with Gasteiger partial charge in [-0.15, -0.1) is 0 Å². The van der Waals surface area contributed by atoms with Crippen molar-refractivity contribution in [3.8, 4) is 0 Å². The first kappa shape index (κ1) is 12.2. The van der Waals surface area contributed by atoms with E-state index >= 15 is 0 Å². The molecule has 1 aliphatic rings. The maximum Gasteiger partial charge on any atom is 0.160 e. The lowest BCUT2D eigenvalue weighted by molar-refractivity contribution is 0.0796. The summed E-state index contributed by atoms with van der Waals surface area (Å²) in [6.45, 7) is 4.06. The maximum absolute atomic E-state index is 14.9. The zero-order valence-electron chi connectivity index (χ0n) is 10.2. The van der Waals surface area contributed by atoms with E-state index in [2.05, 4.69) is 0 Å². The number of halogens is 1. The standard InChI is InChI=1S/C14H17FO2/c1-10(16)12-5-3-4-6-13(12)14(2,15)11-7-8-17-9-11/h3-6,11H,7-9H2,1-2H3. The second-order valence-corrected chi connectivity index (χ2v) is 4.74. The summed E-state index contributed by atoms with van der Waals surface area (Å²) >= 11 is 0. The van der Waals surface area contributed by atoms with Gasteiger partial charge >= 0.3 is 0 Å². The second-order valence-electron chi connectivity index (χ2n) is 4.74. The van der Waals surface area contributed by atoms with Crippen molar-refractivity contribution in [1.82, 2.24) is 0 Å². The molecule has 0 amide bonds. The molecule has 0 saturated carbocycles. The van der Waals surface area contributed by atoms with Crippen molar-refractivity contribution >= 4 is 5.78 Å². The van der Waals surface area contributed by atoms with E-state index in [4.69, 9.17) is 4.74 Å². The van der Waals surface area contributed by atoms with Crippen molar-refractivity contribution in [3.05, 3.63) is 35.4 Å². The predicted octanol–water partition coefficient (Wildman–Crippen LogP) is 3.11. The van der Waals surface area contributed by atoms with Gasteiger partial charge in [-0.2, -0.15) is 0 Å². The van der Waals surface area contributed by atoms with E-state index in [-0.39, 0.29) is 11.7 Å². The fourth-order valence-electron chi connectivity index (χ4n) is 2.40. The van der Waals surface area contributed by atoms with Crippen LogP contribution in [0.15, 0.2) is 24.3 Å². The molecule has 0 bridgehead atoms. The highest BCUT2D eigenvalue weighted by atomic mass is 19.1. The summed E-state index contributed by atoms with van der Waals surface area (Å²) in [4.78, 5) is 11.5. The monoisotopic (exact) mass is 236 g/mol. The average Bonchev–Trinajstić information content (AvgIpc) is 2.83. The van der Waals surface area contributed by atoms with Crippen molar-refractivity contribution in [1.29, 1.82) is 0 Å². The molecule has 2 rings (SSSR count). The van der Waals surface area contributed by atoms with Crippen LogP contribution in [-0.2, 0) is 10.4 Å². The Labute approximate surface area is 101 Å². The molecule has 3 heteroatoms. The molecule has 1 saturated heterocycles. The summed E-state index contributed by atoms with van der Waals surface area (Å²) in [6.07, 6.45) is 0.708. The first-order chi connectivity index (χ1) is 8.03. The lowest BCUT2D eigenvalue weighted by Gasteiger charge is -2.28. The number of Topliss-reactive ketones (excluding diaryl/α,β-unsaturated/α-hetero) is 1. The molecule has 1 aliphatic heterocycles. The minimum atomic E-state index is -1.50. The Morgan fingerprint density at radius 3 is 2.76 bits per heavy atom. The third-order valence-electron chi connectivity index (χ3n) is 3.53. The van der Waals surface area contributed by atoms with E-state index in [0.29, 0.717) is 30.8 Å². The first-order valence-electron chi connectivity index (χ1n) is 5.90. The van der Waals surface area contributed by atoms with Gasteiger partial charge in [0.1, 0.15) is 5.67 Å². The van der Waals surface area contributed by atoms with E-state index < -0.39 is 5.67 Å². The minimum Gasteiger partial charge on any atom is -0.381 e. The summed E-state index contributed by atoms with van der Waals surface area (Å²) in [5.41, 5.74) is -0.536. The lowest BCUT2D eigenvalue weighted by Crippen LogP contribution is -2.29. The molecule has 1 heterocycles. The molecule has 0 N–H and O–H groups in total. The molecule has 0 radical (unpaired) electrons. The number of carbonyl (C=O) groups is 1. The van der Waals surface area contributed by atoms with Crippen LogP contribution < -0.4 is 0 Å². The summed E-state index contributed by atoms with van der Waals surface area (Å²) in [5, 5.41) is 0. The smallest absolute Gasteiger partial charge is 0.160 e. The number of alkyl halides is 1. The van der Waals surface area contributed by atoms with Crippen molar-refractivity contribution < 1.29 is 13.9 Å². The first-order valence-corrected chi connectivity index (χ1v) is 5.90. The van der Waals surface area contributed by atoms with Crippen LogP contribution in [-0.4, -0.2) is 19.0 Å². The molecule has 2 nitrogen and oxygen atoms in total. The molecule has 2 unspecified atom stereocenters. The molecule has 0 aromatic heterocycles. The second kappa shape index (κ2) is 4.57. The third kappa shape index (κ3) is 2.25. The van der Waals surface area contributed by atoms with Crippen LogP contribution in [0.1, 0.15) is 36.2 Å². The molecule has 17 heavy (non-hydrogen) atoms. The lowest BCUT2D eigenvalue weighted by atomic mass is 9.81. The Hall–Kier alpha value is -1.22. The Kier molecular flexibility index (Phi) is 3.29. The zero-order chi connectivity index (χ0) is 12.5. The zero-order valence-corrected chi connectivity index (χ0v) is 10.2. The number of ether oxygens (including phenoxy) is 1. The molecular weight excluding hydrogens is 219 g/mol. The van der Waals surface area contributed by atoms with Gasteiger partial charge in [-0.1, -0.05) is 24.3 Å². The van der Waals surface area contributed by atoms with E-state index in [1.807, 2.05) is 0 Å². The van der Waals surface area contributed by atoms with Crippen LogP contribution in [0, 0.1) is 5.92 Å². The molecule has 0 spiro atoms. The van der Waals surface area contributed by atoms with Gasteiger partial charge in [-0.25, -0.2) is 4.39 Å². The molecular formula is C14H17FO2. The average molecular weight is 236 g/mol. The quantitative estimate of drug-likeness (QED) is 0.754. The van der Waals surface area contributed by atoms with E-state index in [1.54, 1.807) is 31.2 Å². The van der Waals surface area contributed by atoms with Crippen LogP contribution >= 0.6 is 0 Å². The SMILES string of the molecule is CC(=O)c1ccccc1C(C)(F)C1CCOC1. The van der Waals surface area contributed by atoms with Crippen LogP contribution in [0.25, 0.3) is 0 Å². The number of carbonyl (C=O) groups excluding carboxylic acids is 1. The number of rotatable bonds is 3. The van der Waals surface area contributed by atoms with E-state index in [1.165, 1.54) is 6.92 Å². The highest BCUT2D eigenvalue weighted by molar-refractivity contribution is 5.95. The van der Waals surface area contributed by atoms with Gasteiger partial charge in [0, 0.05) is 18.1 Å². The van der Waals surface area contributed by atoms with Gasteiger partial charge in [0.05, 0.1) is 6.61 Å². The molecule has 2 atom stereocenters. The Bertz CT molecular complexity index is 420.